The van der Waals surface area contributed by atoms with Gasteiger partial charge in [-0.3, -0.25) is 14.5 Å². The number of piperazine rings is 1. The maximum Gasteiger partial charge on any atom is 0.251 e. The highest BCUT2D eigenvalue weighted by atomic mass is 16.5. The summed E-state index contributed by atoms with van der Waals surface area (Å²) >= 11 is 0. The van der Waals surface area contributed by atoms with E-state index in [0.29, 0.717) is 39.3 Å². The van der Waals surface area contributed by atoms with Crippen molar-refractivity contribution in [3.8, 4) is 11.1 Å². The summed E-state index contributed by atoms with van der Waals surface area (Å²) < 4.78 is 5.49. The van der Waals surface area contributed by atoms with Crippen LogP contribution in [0.2, 0.25) is 0 Å². The average molecular weight is 393 g/mol. The number of anilines is 1. The molecule has 0 unspecified atom stereocenters. The SMILES string of the molecule is O=C(CN1CCN(C(=O)[C@@H]2CCCO2)CC1)Nc1ccc(-c2ccccc2)cc1. The molecule has 2 amide bonds. The summed E-state index contributed by atoms with van der Waals surface area (Å²) in [4.78, 5) is 28.8. The second-order valence-corrected chi connectivity index (χ2v) is 7.59. The van der Waals surface area contributed by atoms with Crippen LogP contribution in [0.1, 0.15) is 12.8 Å². The van der Waals surface area contributed by atoms with Gasteiger partial charge in [0.25, 0.3) is 5.91 Å². The van der Waals surface area contributed by atoms with Crippen LogP contribution in [0.4, 0.5) is 5.69 Å². The van der Waals surface area contributed by atoms with Gasteiger partial charge in [0.2, 0.25) is 5.91 Å². The van der Waals surface area contributed by atoms with Crippen LogP contribution in [0.15, 0.2) is 54.6 Å². The molecule has 2 aromatic rings. The van der Waals surface area contributed by atoms with Crippen molar-refractivity contribution in [2.75, 3.05) is 44.6 Å². The molecule has 2 heterocycles. The molecular weight excluding hydrogens is 366 g/mol. The Kier molecular flexibility index (Phi) is 6.22. The number of ether oxygens (including phenoxy) is 1. The molecule has 0 bridgehead atoms. The van der Waals surface area contributed by atoms with Crippen molar-refractivity contribution in [3.63, 3.8) is 0 Å². The number of nitrogens with one attached hydrogen (secondary N) is 1. The van der Waals surface area contributed by atoms with E-state index in [1.54, 1.807) is 0 Å². The van der Waals surface area contributed by atoms with Gasteiger partial charge in [-0.25, -0.2) is 0 Å². The molecule has 2 aliphatic heterocycles. The van der Waals surface area contributed by atoms with Crippen molar-refractivity contribution in [2.45, 2.75) is 18.9 Å². The topological polar surface area (TPSA) is 61.9 Å². The van der Waals surface area contributed by atoms with Gasteiger partial charge in [0.15, 0.2) is 0 Å². The number of hydrogen-bond donors (Lipinski definition) is 1. The van der Waals surface area contributed by atoms with Crippen LogP contribution in [-0.4, -0.2) is 67.0 Å². The van der Waals surface area contributed by atoms with Crippen LogP contribution in [0.25, 0.3) is 11.1 Å². The van der Waals surface area contributed by atoms with Gasteiger partial charge in [-0.1, -0.05) is 42.5 Å². The van der Waals surface area contributed by atoms with Gasteiger partial charge in [-0.2, -0.15) is 0 Å². The number of rotatable bonds is 5. The number of hydrogen-bond acceptors (Lipinski definition) is 4. The lowest BCUT2D eigenvalue weighted by atomic mass is 10.1. The van der Waals surface area contributed by atoms with E-state index in [-0.39, 0.29) is 17.9 Å². The molecule has 152 valence electrons. The van der Waals surface area contributed by atoms with E-state index in [9.17, 15) is 9.59 Å². The number of carbonyl (C=O) groups is 2. The Morgan fingerprint density at radius 3 is 2.28 bits per heavy atom. The molecule has 2 fully saturated rings. The fourth-order valence-corrected chi connectivity index (χ4v) is 3.88. The molecule has 6 heteroatoms. The maximum atomic E-state index is 12.4. The van der Waals surface area contributed by atoms with Crippen molar-refractivity contribution in [3.05, 3.63) is 54.6 Å². The first-order chi connectivity index (χ1) is 14.2. The predicted octanol–water partition coefficient (Wildman–Crippen LogP) is 2.62. The second-order valence-electron chi connectivity index (χ2n) is 7.59. The van der Waals surface area contributed by atoms with E-state index in [2.05, 4.69) is 22.3 Å². The van der Waals surface area contributed by atoms with E-state index >= 15 is 0 Å². The molecule has 0 spiro atoms. The molecule has 2 saturated heterocycles. The van der Waals surface area contributed by atoms with Gasteiger partial charge in [-0.05, 0) is 36.1 Å². The first-order valence-corrected chi connectivity index (χ1v) is 10.3. The molecule has 2 aromatic carbocycles. The van der Waals surface area contributed by atoms with Crippen LogP contribution >= 0.6 is 0 Å². The minimum atomic E-state index is -0.260. The first-order valence-electron chi connectivity index (χ1n) is 10.3. The fourth-order valence-electron chi connectivity index (χ4n) is 3.88. The first kappa shape index (κ1) is 19.6. The van der Waals surface area contributed by atoms with Gasteiger partial charge in [0.1, 0.15) is 6.10 Å². The summed E-state index contributed by atoms with van der Waals surface area (Å²) in [6.45, 7) is 3.73. The lowest BCUT2D eigenvalue weighted by Gasteiger charge is -2.35. The smallest absolute Gasteiger partial charge is 0.251 e. The molecule has 4 rings (SSSR count). The summed E-state index contributed by atoms with van der Waals surface area (Å²) in [7, 11) is 0. The van der Waals surface area contributed by atoms with E-state index < -0.39 is 0 Å². The minimum Gasteiger partial charge on any atom is -0.368 e. The van der Waals surface area contributed by atoms with Gasteiger partial charge in [0.05, 0.1) is 6.54 Å². The number of carbonyl (C=O) groups excluding carboxylic acids is 2. The number of nitrogens with zero attached hydrogens (tertiary/aromatic N) is 2. The van der Waals surface area contributed by atoms with E-state index in [1.165, 1.54) is 0 Å². The van der Waals surface area contributed by atoms with Crippen LogP contribution in [0.3, 0.4) is 0 Å². The third-order valence-corrected chi connectivity index (χ3v) is 5.53. The van der Waals surface area contributed by atoms with Crippen molar-refractivity contribution in [1.82, 2.24) is 9.80 Å². The van der Waals surface area contributed by atoms with Gasteiger partial charge < -0.3 is 15.0 Å². The Labute approximate surface area is 171 Å². The predicted molar refractivity (Wildman–Crippen MR) is 113 cm³/mol. The van der Waals surface area contributed by atoms with Crippen LogP contribution < -0.4 is 5.32 Å². The zero-order chi connectivity index (χ0) is 20.1. The summed E-state index contributed by atoms with van der Waals surface area (Å²) in [5, 5.41) is 2.97. The minimum absolute atomic E-state index is 0.0311. The Bertz CT molecular complexity index is 824. The van der Waals surface area contributed by atoms with Crippen LogP contribution in [-0.2, 0) is 14.3 Å². The standard InChI is InChI=1S/C23H27N3O3/c27-22(24-20-10-8-19(9-11-20)18-5-2-1-3-6-18)17-25-12-14-26(15-13-25)23(28)21-7-4-16-29-21/h1-3,5-6,8-11,21H,4,7,12-17H2,(H,24,27)/t21-/m0/s1. The second kappa shape index (κ2) is 9.20. The third-order valence-electron chi connectivity index (χ3n) is 5.53. The summed E-state index contributed by atoms with van der Waals surface area (Å²) in [6, 6.07) is 18.0. The highest BCUT2D eigenvalue weighted by Gasteiger charge is 2.30. The Morgan fingerprint density at radius 1 is 0.931 bits per heavy atom. The third kappa shape index (κ3) is 5.02. The highest BCUT2D eigenvalue weighted by Crippen LogP contribution is 2.21. The van der Waals surface area contributed by atoms with Crippen LogP contribution in [0, 0.1) is 0 Å². The molecule has 29 heavy (non-hydrogen) atoms. The van der Waals surface area contributed by atoms with Crippen molar-refractivity contribution in [1.29, 1.82) is 0 Å². The van der Waals surface area contributed by atoms with Crippen LogP contribution in [0.5, 0.6) is 0 Å². The van der Waals surface area contributed by atoms with Gasteiger partial charge >= 0.3 is 0 Å². The molecular formula is C23H27N3O3. The van der Waals surface area contributed by atoms with Gasteiger partial charge in [-0.15, -0.1) is 0 Å². The molecule has 0 aromatic heterocycles. The number of benzene rings is 2. The monoisotopic (exact) mass is 393 g/mol. The summed E-state index contributed by atoms with van der Waals surface area (Å²) in [5.74, 6) is 0.0708. The lowest BCUT2D eigenvalue weighted by molar-refractivity contribution is -0.142. The van der Waals surface area contributed by atoms with E-state index in [4.69, 9.17) is 4.74 Å². The maximum absolute atomic E-state index is 12.4. The van der Waals surface area contributed by atoms with E-state index in [1.807, 2.05) is 47.4 Å². The van der Waals surface area contributed by atoms with Crippen molar-refractivity contribution < 1.29 is 14.3 Å². The molecule has 1 N–H and O–H groups in total. The van der Waals surface area contributed by atoms with Gasteiger partial charge in [0, 0.05) is 38.5 Å². The molecule has 6 nitrogen and oxygen atoms in total. The molecule has 0 aliphatic carbocycles. The average Bonchev–Trinajstić information content (AvgIpc) is 3.30. The highest BCUT2D eigenvalue weighted by molar-refractivity contribution is 5.92. The van der Waals surface area contributed by atoms with E-state index in [0.717, 1.165) is 29.7 Å². The fraction of sp³-hybridized carbons (Fsp3) is 0.391. The molecule has 2 aliphatic rings. The normalized spacial score (nSPS) is 19.9. The largest absolute Gasteiger partial charge is 0.368 e. The molecule has 1 atom stereocenters. The quantitative estimate of drug-likeness (QED) is 0.848. The Morgan fingerprint density at radius 2 is 1.62 bits per heavy atom. The molecule has 0 radical (unpaired) electrons. The lowest BCUT2D eigenvalue weighted by Crippen LogP contribution is -2.52. The molecule has 0 saturated carbocycles. The van der Waals surface area contributed by atoms with Crippen molar-refractivity contribution >= 4 is 17.5 Å². The zero-order valence-electron chi connectivity index (χ0n) is 16.5. The summed E-state index contributed by atoms with van der Waals surface area (Å²) in [5.41, 5.74) is 3.07. The van der Waals surface area contributed by atoms with Crippen molar-refractivity contribution in [2.24, 2.45) is 0 Å². The number of amides is 2. The summed E-state index contributed by atoms with van der Waals surface area (Å²) in [6.07, 6.45) is 1.52. The zero-order valence-corrected chi connectivity index (χ0v) is 16.5. The Balaban J connectivity index is 1.23. The Hall–Kier alpha value is -2.70.